The van der Waals surface area contributed by atoms with Crippen LogP contribution in [-0.2, 0) is 16.6 Å². The van der Waals surface area contributed by atoms with Gasteiger partial charge in [-0.05, 0) is 29.4 Å². The number of hydrogen-bond donors (Lipinski definition) is 1. The number of nitrogens with one attached hydrogen (secondary N) is 1. The summed E-state index contributed by atoms with van der Waals surface area (Å²) in [6.07, 6.45) is 0.341. The van der Waals surface area contributed by atoms with Crippen LogP contribution in [0.15, 0.2) is 29.6 Å². The first-order valence-electron chi connectivity index (χ1n) is 8.47. The van der Waals surface area contributed by atoms with Gasteiger partial charge in [0.15, 0.2) is 0 Å². The average molecular weight is 345 g/mol. The van der Waals surface area contributed by atoms with Crippen molar-refractivity contribution in [2.24, 2.45) is 5.92 Å². The molecule has 0 aliphatic rings. The summed E-state index contributed by atoms with van der Waals surface area (Å²) in [6, 6.07) is 8.63. The van der Waals surface area contributed by atoms with Crippen LogP contribution in [0, 0.1) is 12.8 Å². The van der Waals surface area contributed by atoms with Gasteiger partial charge in [0, 0.05) is 5.38 Å². The highest BCUT2D eigenvalue weighted by atomic mass is 32.1. The number of nitrogens with zero attached hydrogens (tertiary/aromatic N) is 1. The van der Waals surface area contributed by atoms with E-state index < -0.39 is 0 Å². The highest BCUT2D eigenvalue weighted by Gasteiger charge is 2.20. The number of carbonyl (C=O) groups is 1. The second kappa shape index (κ2) is 7.47. The Balaban J connectivity index is 2.10. The smallest absolute Gasteiger partial charge is 0.226 e. The number of carbonyl (C=O) groups excluding carboxylic acids is 1. The standard InChI is InChI=1S/C20H28N2OS/c1-13(2)19(15-7-9-16(10-8-15)20(4,5)6)22-18(23)11-17-12-24-14(3)21-17/h7-10,12-13,19H,11H2,1-6H3,(H,22,23)/t19-/m0/s1. The summed E-state index contributed by atoms with van der Waals surface area (Å²) in [6.45, 7) is 12.9. The molecule has 1 amide bonds. The molecule has 2 aromatic rings. The molecule has 3 nitrogen and oxygen atoms in total. The maximum atomic E-state index is 12.4. The second-order valence-electron chi connectivity index (χ2n) is 7.70. The fourth-order valence-electron chi connectivity index (χ4n) is 2.70. The second-order valence-corrected chi connectivity index (χ2v) is 8.76. The third kappa shape index (κ3) is 4.91. The highest BCUT2D eigenvalue weighted by molar-refractivity contribution is 7.09. The molecule has 0 saturated carbocycles. The van der Waals surface area contributed by atoms with E-state index in [0.29, 0.717) is 12.3 Å². The Labute approximate surface area is 149 Å². The molecule has 1 aromatic carbocycles. The number of amides is 1. The predicted molar refractivity (Wildman–Crippen MR) is 101 cm³/mol. The van der Waals surface area contributed by atoms with Crippen molar-refractivity contribution >= 4 is 17.2 Å². The molecule has 0 fully saturated rings. The van der Waals surface area contributed by atoms with Crippen molar-refractivity contribution in [3.63, 3.8) is 0 Å². The number of rotatable bonds is 5. The van der Waals surface area contributed by atoms with Crippen molar-refractivity contribution in [2.75, 3.05) is 0 Å². The number of aromatic nitrogens is 1. The first-order valence-corrected chi connectivity index (χ1v) is 9.35. The quantitative estimate of drug-likeness (QED) is 0.846. The first-order chi connectivity index (χ1) is 11.2. The van der Waals surface area contributed by atoms with Gasteiger partial charge < -0.3 is 5.32 Å². The Hall–Kier alpha value is -1.68. The normalized spacial score (nSPS) is 13.1. The average Bonchev–Trinajstić information content (AvgIpc) is 2.89. The van der Waals surface area contributed by atoms with Crippen LogP contribution in [0.3, 0.4) is 0 Å². The van der Waals surface area contributed by atoms with Gasteiger partial charge in [-0.15, -0.1) is 11.3 Å². The minimum Gasteiger partial charge on any atom is -0.349 e. The number of benzene rings is 1. The van der Waals surface area contributed by atoms with E-state index in [1.807, 2.05) is 12.3 Å². The van der Waals surface area contributed by atoms with E-state index in [-0.39, 0.29) is 17.4 Å². The molecule has 1 aromatic heterocycles. The van der Waals surface area contributed by atoms with Crippen molar-refractivity contribution < 1.29 is 4.79 Å². The zero-order valence-corrected chi connectivity index (χ0v) is 16.3. The van der Waals surface area contributed by atoms with Gasteiger partial charge in [0.25, 0.3) is 0 Å². The summed E-state index contributed by atoms with van der Waals surface area (Å²) in [5.41, 5.74) is 3.44. The van der Waals surface area contributed by atoms with E-state index in [9.17, 15) is 4.79 Å². The fraction of sp³-hybridized carbons (Fsp3) is 0.500. The molecule has 1 atom stereocenters. The lowest BCUT2D eigenvalue weighted by Crippen LogP contribution is -2.33. The molecule has 1 N–H and O–H groups in total. The summed E-state index contributed by atoms with van der Waals surface area (Å²) in [7, 11) is 0. The maximum Gasteiger partial charge on any atom is 0.226 e. The van der Waals surface area contributed by atoms with Gasteiger partial charge in [-0.1, -0.05) is 58.9 Å². The molecule has 130 valence electrons. The summed E-state index contributed by atoms with van der Waals surface area (Å²) in [4.78, 5) is 16.8. The molecule has 0 bridgehead atoms. The van der Waals surface area contributed by atoms with E-state index in [1.165, 1.54) is 5.56 Å². The highest BCUT2D eigenvalue weighted by Crippen LogP contribution is 2.26. The van der Waals surface area contributed by atoms with Crippen LogP contribution in [0.2, 0.25) is 0 Å². The molecule has 0 radical (unpaired) electrons. The van der Waals surface area contributed by atoms with Crippen LogP contribution < -0.4 is 5.32 Å². The lowest BCUT2D eigenvalue weighted by Gasteiger charge is -2.25. The molecular formula is C20H28N2OS. The molecule has 24 heavy (non-hydrogen) atoms. The largest absolute Gasteiger partial charge is 0.349 e. The van der Waals surface area contributed by atoms with Gasteiger partial charge in [0.05, 0.1) is 23.2 Å². The maximum absolute atomic E-state index is 12.4. The lowest BCUT2D eigenvalue weighted by molar-refractivity contribution is -0.121. The van der Waals surface area contributed by atoms with Crippen molar-refractivity contribution in [3.8, 4) is 0 Å². The van der Waals surface area contributed by atoms with Crippen LogP contribution in [0.4, 0.5) is 0 Å². The minimum atomic E-state index is 0.0197. The van der Waals surface area contributed by atoms with E-state index in [2.05, 4.69) is 69.2 Å². The number of thiazole rings is 1. The van der Waals surface area contributed by atoms with Gasteiger partial charge in [-0.2, -0.15) is 0 Å². The Bertz CT molecular complexity index is 680. The zero-order chi connectivity index (χ0) is 17.9. The third-order valence-corrected chi connectivity index (χ3v) is 4.95. The minimum absolute atomic E-state index is 0.0197. The molecule has 0 saturated heterocycles. The van der Waals surface area contributed by atoms with Crippen molar-refractivity contribution in [1.29, 1.82) is 0 Å². The number of aryl methyl sites for hydroxylation is 1. The molecular weight excluding hydrogens is 316 g/mol. The summed E-state index contributed by atoms with van der Waals surface area (Å²) >= 11 is 1.58. The third-order valence-electron chi connectivity index (χ3n) is 4.13. The summed E-state index contributed by atoms with van der Waals surface area (Å²) < 4.78 is 0. The van der Waals surface area contributed by atoms with Gasteiger partial charge in [-0.3, -0.25) is 4.79 Å². The zero-order valence-electron chi connectivity index (χ0n) is 15.5. The van der Waals surface area contributed by atoms with Gasteiger partial charge in [0.2, 0.25) is 5.91 Å². The summed E-state index contributed by atoms with van der Waals surface area (Å²) in [5, 5.41) is 6.13. The van der Waals surface area contributed by atoms with Crippen LogP contribution in [-0.4, -0.2) is 10.9 Å². The SMILES string of the molecule is Cc1nc(CC(=O)N[C@H](c2ccc(C(C)(C)C)cc2)C(C)C)cs1. The Morgan fingerprint density at radius 3 is 2.29 bits per heavy atom. The molecule has 2 rings (SSSR count). The van der Waals surface area contributed by atoms with Gasteiger partial charge in [-0.25, -0.2) is 4.98 Å². The van der Waals surface area contributed by atoms with Crippen LogP contribution >= 0.6 is 11.3 Å². The molecule has 0 unspecified atom stereocenters. The Morgan fingerprint density at radius 2 is 1.83 bits per heavy atom. The molecule has 1 heterocycles. The monoisotopic (exact) mass is 344 g/mol. The fourth-order valence-corrected chi connectivity index (χ4v) is 3.32. The van der Waals surface area contributed by atoms with Gasteiger partial charge >= 0.3 is 0 Å². The van der Waals surface area contributed by atoms with Crippen LogP contribution in [0.5, 0.6) is 0 Å². The van der Waals surface area contributed by atoms with Gasteiger partial charge in [0.1, 0.15) is 0 Å². The Morgan fingerprint density at radius 1 is 1.21 bits per heavy atom. The van der Waals surface area contributed by atoms with Crippen molar-refractivity contribution in [1.82, 2.24) is 10.3 Å². The molecule has 0 spiro atoms. The first kappa shape index (κ1) is 18.7. The summed E-state index contributed by atoms with van der Waals surface area (Å²) in [5.74, 6) is 0.352. The molecule has 4 heteroatoms. The van der Waals surface area contributed by atoms with Crippen molar-refractivity contribution in [3.05, 3.63) is 51.5 Å². The van der Waals surface area contributed by atoms with E-state index in [0.717, 1.165) is 16.3 Å². The van der Waals surface area contributed by atoms with E-state index in [1.54, 1.807) is 11.3 Å². The Kier molecular flexibility index (Phi) is 5.81. The van der Waals surface area contributed by atoms with Crippen molar-refractivity contribution in [2.45, 2.75) is 59.4 Å². The molecule has 0 aliphatic carbocycles. The van der Waals surface area contributed by atoms with Crippen LogP contribution in [0.1, 0.15) is 62.5 Å². The topological polar surface area (TPSA) is 42.0 Å². The van der Waals surface area contributed by atoms with E-state index in [4.69, 9.17) is 0 Å². The van der Waals surface area contributed by atoms with Crippen LogP contribution in [0.25, 0.3) is 0 Å². The number of hydrogen-bond acceptors (Lipinski definition) is 3. The lowest BCUT2D eigenvalue weighted by atomic mass is 9.85. The van der Waals surface area contributed by atoms with E-state index >= 15 is 0 Å². The molecule has 0 aliphatic heterocycles. The predicted octanol–water partition coefficient (Wildman–Crippen LogP) is 4.81.